The molecule has 7 nitrogen and oxygen atoms in total. The molecule has 0 radical (unpaired) electrons. The summed E-state index contributed by atoms with van der Waals surface area (Å²) in [7, 11) is 0. The van der Waals surface area contributed by atoms with Crippen molar-refractivity contribution in [2.75, 3.05) is 11.9 Å². The monoisotopic (exact) mass is 288 g/mol. The molecule has 1 heterocycles. The zero-order valence-electron chi connectivity index (χ0n) is 10.8. The molecule has 2 N–H and O–H groups in total. The molecule has 8 heteroatoms. The van der Waals surface area contributed by atoms with Gasteiger partial charge in [0, 0.05) is 6.54 Å². The third kappa shape index (κ3) is 4.00. The van der Waals surface area contributed by atoms with Gasteiger partial charge in [-0.1, -0.05) is 38.3 Å². The molecule has 1 aromatic rings. The number of halogens is 1. The number of hydrogen-bond acceptors (Lipinski definition) is 6. The summed E-state index contributed by atoms with van der Waals surface area (Å²) in [6.07, 6.45) is 2.22. The van der Waals surface area contributed by atoms with Crippen molar-refractivity contribution in [3.63, 3.8) is 0 Å². The highest BCUT2D eigenvalue weighted by atomic mass is 35.5. The molecular formula is C11H17ClN4O3. The zero-order valence-corrected chi connectivity index (χ0v) is 11.6. The largest absolute Gasteiger partial charge is 0.391 e. The fraction of sp³-hybridized carbons (Fsp3) is 0.636. The maximum absolute atomic E-state index is 10.9. The van der Waals surface area contributed by atoms with Crippen molar-refractivity contribution in [3.8, 4) is 0 Å². The van der Waals surface area contributed by atoms with Crippen molar-refractivity contribution in [2.45, 2.75) is 32.8 Å². The van der Waals surface area contributed by atoms with Gasteiger partial charge >= 0.3 is 5.69 Å². The molecule has 0 aromatic carbocycles. The fourth-order valence-electron chi connectivity index (χ4n) is 1.85. The first-order valence-electron chi connectivity index (χ1n) is 6.08. The van der Waals surface area contributed by atoms with Crippen LogP contribution in [0.15, 0.2) is 6.33 Å². The first-order valence-corrected chi connectivity index (χ1v) is 6.45. The minimum absolute atomic E-state index is 0.0232. The van der Waals surface area contributed by atoms with Gasteiger partial charge in [0.05, 0.1) is 11.0 Å². The summed E-state index contributed by atoms with van der Waals surface area (Å²) in [6.45, 7) is 4.16. The molecule has 0 bridgehead atoms. The second-order valence-corrected chi connectivity index (χ2v) is 4.50. The second kappa shape index (κ2) is 7.20. The van der Waals surface area contributed by atoms with Gasteiger partial charge in [-0.05, 0) is 5.92 Å². The molecule has 0 fully saturated rings. The number of nitrogens with zero attached hydrogens (tertiary/aromatic N) is 3. The lowest BCUT2D eigenvalue weighted by molar-refractivity contribution is -0.384. The van der Waals surface area contributed by atoms with Crippen LogP contribution in [0, 0.1) is 16.0 Å². The molecule has 1 atom stereocenters. The van der Waals surface area contributed by atoms with E-state index in [-0.39, 0.29) is 29.1 Å². The van der Waals surface area contributed by atoms with Crippen molar-refractivity contribution in [3.05, 3.63) is 21.6 Å². The van der Waals surface area contributed by atoms with Gasteiger partial charge in [-0.2, -0.15) is 0 Å². The summed E-state index contributed by atoms with van der Waals surface area (Å²) in [5.41, 5.74) is -0.374. The van der Waals surface area contributed by atoms with Crippen LogP contribution in [0.2, 0.25) is 5.15 Å². The Labute approximate surface area is 116 Å². The molecule has 0 aliphatic heterocycles. The van der Waals surface area contributed by atoms with Crippen LogP contribution in [0.4, 0.5) is 11.5 Å². The van der Waals surface area contributed by atoms with Gasteiger partial charge in [-0.3, -0.25) is 10.1 Å². The number of rotatable bonds is 7. The lowest BCUT2D eigenvalue weighted by atomic mass is 9.96. The Hall–Kier alpha value is -1.47. The predicted molar refractivity (Wildman–Crippen MR) is 72.3 cm³/mol. The van der Waals surface area contributed by atoms with E-state index in [1.807, 2.05) is 13.8 Å². The molecule has 106 valence electrons. The smallest absolute Gasteiger partial charge is 0.348 e. The van der Waals surface area contributed by atoms with E-state index in [0.29, 0.717) is 0 Å². The van der Waals surface area contributed by atoms with E-state index in [4.69, 9.17) is 11.6 Å². The Balaban J connectivity index is 2.78. The third-order valence-electron chi connectivity index (χ3n) is 3.03. The second-order valence-electron chi connectivity index (χ2n) is 4.14. The van der Waals surface area contributed by atoms with E-state index in [1.54, 1.807) is 0 Å². The van der Waals surface area contributed by atoms with Gasteiger partial charge in [0.1, 0.15) is 6.33 Å². The average molecular weight is 289 g/mol. The first kappa shape index (κ1) is 15.6. The number of anilines is 1. The molecule has 0 saturated heterocycles. The highest BCUT2D eigenvalue weighted by Crippen LogP contribution is 2.28. The van der Waals surface area contributed by atoms with Crippen LogP contribution in [0.1, 0.15) is 26.7 Å². The Morgan fingerprint density at radius 3 is 2.63 bits per heavy atom. The summed E-state index contributed by atoms with van der Waals surface area (Å²) in [5, 5.41) is 23.4. The van der Waals surface area contributed by atoms with Gasteiger partial charge < -0.3 is 10.4 Å². The molecule has 0 aliphatic carbocycles. The number of aromatic nitrogens is 2. The van der Waals surface area contributed by atoms with Crippen LogP contribution >= 0.6 is 11.6 Å². The van der Waals surface area contributed by atoms with Crippen molar-refractivity contribution >= 4 is 23.1 Å². The van der Waals surface area contributed by atoms with Crippen molar-refractivity contribution in [1.29, 1.82) is 0 Å². The SMILES string of the molecule is CCC(CC)C(O)CNc1ncnc(Cl)c1[N+](=O)[O-]. The molecule has 1 aromatic heterocycles. The van der Waals surface area contributed by atoms with Gasteiger partial charge in [0.25, 0.3) is 0 Å². The normalized spacial score (nSPS) is 12.5. The maximum Gasteiger partial charge on any atom is 0.348 e. The van der Waals surface area contributed by atoms with Crippen molar-refractivity contribution in [2.24, 2.45) is 5.92 Å². The molecule has 1 rings (SSSR count). The van der Waals surface area contributed by atoms with Crippen LogP contribution in [-0.4, -0.2) is 32.6 Å². The van der Waals surface area contributed by atoms with Gasteiger partial charge in [0.15, 0.2) is 0 Å². The van der Waals surface area contributed by atoms with Crippen LogP contribution in [0.25, 0.3) is 0 Å². The summed E-state index contributed by atoms with van der Waals surface area (Å²) in [5.74, 6) is 0.166. The summed E-state index contributed by atoms with van der Waals surface area (Å²) in [4.78, 5) is 17.6. The third-order valence-corrected chi connectivity index (χ3v) is 3.31. The van der Waals surface area contributed by atoms with E-state index in [9.17, 15) is 15.2 Å². The number of aliphatic hydroxyl groups excluding tert-OH is 1. The maximum atomic E-state index is 10.9. The predicted octanol–water partition coefficient (Wildman–Crippen LogP) is 2.25. The van der Waals surface area contributed by atoms with Crippen molar-refractivity contribution in [1.82, 2.24) is 9.97 Å². The summed E-state index contributed by atoms with van der Waals surface area (Å²) >= 11 is 5.66. The van der Waals surface area contributed by atoms with E-state index in [0.717, 1.165) is 19.2 Å². The summed E-state index contributed by atoms with van der Waals surface area (Å²) < 4.78 is 0. The fourth-order valence-corrected chi connectivity index (χ4v) is 2.05. The highest BCUT2D eigenvalue weighted by Gasteiger charge is 2.23. The van der Waals surface area contributed by atoms with Crippen LogP contribution in [0.3, 0.4) is 0 Å². The molecule has 1 unspecified atom stereocenters. The van der Waals surface area contributed by atoms with Crippen LogP contribution < -0.4 is 5.32 Å². The average Bonchev–Trinajstić information content (AvgIpc) is 2.37. The Kier molecular flexibility index (Phi) is 5.91. The van der Waals surface area contributed by atoms with Gasteiger partial charge in [-0.25, -0.2) is 9.97 Å². The van der Waals surface area contributed by atoms with E-state index in [1.165, 1.54) is 0 Å². The zero-order chi connectivity index (χ0) is 14.4. The topological polar surface area (TPSA) is 101 Å². The number of hydrogen-bond donors (Lipinski definition) is 2. The molecular weight excluding hydrogens is 272 g/mol. The van der Waals surface area contributed by atoms with Crippen LogP contribution in [-0.2, 0) is 0 Å². The van der Waals surface area contributed by atoms with Crippen molar-refractivity contribution < 1.29 is 10.0 Å². The lowest BCUT2D eigenvalue weighted by Gasteiger charge is -2.20. The molecule has 19 heavy (non-hydrogen) atoms. The first-order chi connectivity index (χ1) is 9.01. The summed E-state index contributed by atoms with van der Waals surface area (Å²) in [6, 6.07) is 0. The van der Waals surface area contributed by atoms with Crippen LogP contribution in [0.5, 0.6) is 0 Å². The standard InChI is InChI=1S/C11H17ClN4O3/c1-3-7(4-2)8(17)5-13-11-9(16(18)19)10(12)14-6-15-11/h6-8,17H,3-5H2,1-2H3,(H,13,14,15). The van der Waals surface area contributed by atoms with E-state index < -0.39 is 11.0 Å². The minimum Gasteiger partial charge on any atom is -0.391 e. The Morgan fingerprint density at radius 2 is 2.11 bits per heavy atom. The Bertz CT molecular complexity index is 440. The number of aliphatic hydroxyl groups is 1. The van der Waals surface area contributed by atoms with E-state index >= 15 is 0 Å². The molecule has 0 spiro atoms. The van der Waals surface area contributed by atoms with Gasteiger partial charge in [0.2, 0.25) is 11.0 Å². The molecule has 0 aliphatic rings. The highest BCUT2D eigenvalue weighted by molar-refractivity contribution is 6.31. The van der Waals surface area contributed by atoms with E-state index in [2.05, 4.69) is 15.3 Å². The molecule has 0 saturated carbocycles. The Morgan fingerprint density at radius 1 is 1.47 bits per heavy atom. The quantitative estimate of drug-likeness (QED) is 0.453. The minimum atomic E-state index is -0.645. The molecule has 0 amide bonds. The number of nitrogens with one attached hydrogen (secondary N) is 1. The lowest BCUT2D eigenvalue weighted by Crippen LogP contribution is -2.28. The number of nitro groups is 1. The van der Waals surface area contributed by atoms with Gasteiger partial charge in [-0.15, -0.1) is 0 Å².